The van der Waals surface area contributed by atoms with E-state index in [-0.39, 0.29) is 17.0 Å². The summed E-state index contributed by atoms with van der Waals surface area (Å²) in [7, 11) is -1.59. The number of halogens is 3. The number of benzene rings is 2. The predicted molar refractivity (Wildman–Crippen MR) is 69.5 cm³/mol. The summed E-state index contributed by atoms with van der Waals surface area (Å²) in [6, 6.07) is 10.9. The Bertz CT molecular complexity index is 599. The van der Waals surface area contributed by atoms with Crippen molar-refractivity contribution in [3.63, 3.8) is 0 Å². The SMILES string of the molecule is OB(O)c1ccc(Oc2cccc(OC(F)(F)F)c2)cc1. The van der Waals surface area contributed by atoms with E-state index < -0.39 is 13.5 Å². The first-order valence-electron chi connectivity index (χ1n) is 5.83. The van der Waals surface area contributed by atoms with Gasteiger partial charge < -0.3 is 19.5 Å². The molecular weight excluding hydrogens is 288 g/mol. The molecule has 0 aliphatic carbocycles. The first kappa shape index (κ1) is 15.2. The molecule has 110 valence electrons. The second-order valence-electron chi connectivity index (χ2n) is 4.07. The molecule has 0 radical (unpaired) electrons. The van der Waals surface area contributed by atoms with Crippen LogP contribution in [0.1, 0.15) is 0 Å². The van der Waals surface area contributed by atoms with Crippen LogP contribution in [0.3, 0.4) is 0 Å². The number of ether oxygens (including phenoxy) is 2. The highest BCUT2D eigenvalue weighted by atomic mass is 19.4. The number of hydrogen-bond acceptors (Lipinski definition) is 4. The molecule has 0 aromatic heterocycles. The van der Waals surface area contributed by atoms with Crippen LogP contribution in [0.4, 0.5) is 13.2 Å². The van der Waals surface area contributed by atoms with Crippen molar-refractivity contribution in [2.75, 3.05) is 0 Å². The Labute approximate surface area is 118 Å². The zero-order valence-corrected chi connectivity index (χ0v) is 10.5. The maximum absolute atomic E-state index is 12.1. The Morgan fingerprint density at radius 3 is 2.05 bits per heavy atom. The van der Waals surface area contributed by atoms with Gasteiger partial charge in [-0.05, 0) is 29.7 Å². The molecule has 0 aliphatic heterocycles. The Hall–Kier alpha value is -2.19. The molecule has 2 N–H and O–H groups in total. The van der Waals surface area contributed by atoms with Gasteiger partial charge in [0.25, 0.3) is 0 Å². The molecule has 0 saturated heterocycles. The minimum absolute atomic E-state index is 0.161. The maximum Gasteiger partial charge on any atom is 0.573 e. The van der Waals surface area contributed by atoms with Gasteiger partial charge >= 0.3 is 13.5 Å². The third-order valence-electron chi connectivity index (χ3n) is 2.45. The average Bonchev–Trinajstić information content (AvgIpc) is 2.37. The molecular formula is C13H10BF3O4. The van der Waals surface area contributed by atoms with E-state index in [0.29, 0.717) is 5.75 Å². The van der Waals surface area contributed by atoms with Crippen molar-refractivity contribution in [1.29, 1.82) is 0 Å². The molecule has 2 aromatic rings. The summed E-state index contributed by atoms with van der Waals surface area (Å²) in [6.07, 6.45) is -4.77. The van der Waals surface area contributed by atoms with Crippen LogP contribution in [0.25, 0.3) is 0 Å². The molecule has 0 fully saturated rings. The van der Waals surface area contributed by atoms with Gasteiger partial charge in [-0.15, -0.1) is 13.2 Å². The summed E-state index contributed by atoms with van der Waals surface area (Å²) in [5.74, 6) is 0.111. The van der Waals surface area contributed by atoms with Gasteiger partial charge in [0.1, 0.15) is 17.2 Å². The maximum atomic E-state index is 12.1. The van der Waals surface area contributed by atoms with E-state index in [1.807, 2.05) is 0 Å². The Kier molecular flexibility index (Phi) is 4.39. The second-order valence-corrected chi connectivity index (χ2v) is 4.07. The standard InChI is InChI=1S/C13H10BF3O4/c15-13(16,17)21-12-3-1-2-11(8-12)20-10-6-4-9(5-7-10)14(18)19/h1-8,18-19H. The zero-order valence-electron chi connectivity index (χ0n) is 10.5. The molecule has 0 aliphatic rings. The lowest BCUT2D eigenvalue weighted by atomic mass is 9.80. The quantitative estimate of drug-likeness (QED) is 0.848. The molecule has 2 aromatic carbocycles. The summed E-state index contributed by atoms with van der Waals surface area (Å²) >= 11 is 0. The van der Waals surface area contributed by atoms with Gasteiger partial charge in [-0.2, -0.15) is 0 Å². The highest BCUT2D eigenvalue weighted by Crippen LogP contribution is 2.28. The van der Waals surface area contributed by atoms with Crippen molar-refractivity contribution in [2.45, 2.75) is 6.36 Å². The molecule has 0 heterocycles. The molecule has 21 heavy (non-hydrogen) atoms. The van der Waals surface area contributed by atoms with Crippen LogP contribution in [-0.4, -0.2) is 23.5 Å². The highest BCUT2D eigenvalue weighted by molar-refractivity contribution is 6.58. The van der Waals surface area contributed by atoms with E-state index in [9.17, 15) is 13.2 Å². The van der Waals surface area contributed by atoms with Gasteiger partial charge in [0.2, 0.25) is 0 Å². The third kappa shape index (κ3) is 4.69. The van der Waals surface area contributed by atoms with E-state index >= 15 is 0 Å². The fourth-order valence-corrected chi connectivity index (χ4v) is 1.58. The molecule has 8 heteroatoms. The Balaban J connectivity index is 2.10. The van der Waals surface area contributed by atoms with Gasteiger partial charge in [0.15, 0.2) is 0 Å². The Morgan fingerprint density at radius 2 is 1.48 bits per heavy atom. The molecule has 0 spiro atoms. The van der Waals surface area contributed by atoms with Crippen molar-refractivity contribution in [2.24, 2.45) is 0 Å². The molecule has 0 saturated carbocycles. The minimum atomic E-state index is -4.77. The lowest BCUT2D eigenvalue weighted by molar-refractivity contribution is -0.274. The van der Waals surface area contributed by atoms with Gasteiger partial charge in [-0.1, -0.05) is 18.2 Å². The molecule has 0 unspecified atom stereocenters. The molecule has 0 amide bonds. The third-order valence-corrected chi connectivity index (χ3v) is 2.45. The van der Waals surface area contributed by atoms with Gasteiger partial charge in [-0.25, -0.2) is 0 Å². The summed E-state index contributed by atoms with van der Waals surface area (Å²) in [5.41, 5.74) is 0.275. The van der Waals surface area contributed by atoms with E-state index in [1.165, 1.54) is 36.4 Å². The second kappa shape index (κ2) is 6.07. The summed E-state index contributed by atoms with van der Waals surface area (Å²) in [5, 5.41) is 17.9. The van der Waals surface area contributed by atoms with Crippen molar-refractivity contribution < 1.29 is 32.7 Å². The van der Waals surface area contributed by atoms with Gasteiger partial charge in [-0.3, -0.25) is 0 Å². The minimum Gasteiger partial charge on any atom is -0.457 e. The summed E-state index contributed by atoms with van der Waals surface area (Å²) in [6.45, 7) is 0. The van der Waals surface area contributed by atoms with Gasteiger partial charge in [0.05, 0.1) is 0 Å². The lowest BCUT2D eigenvalue weighted by Crippen LogP contribution is -2.29. The van der Waals surface area contributed by atoms with Crippen LogP contribution in [0.5, 0.6) is 17.2 Å². The van der Waals surface area contributed by atoms with Crippen LogP contribution >= 0.6 is 0 Å². The zero-order chi connectivity index (χ0) is 15.5. The van der Waals surface area contributed by atoms with Crippen molar-refractivity contribution >= 4 is 12.6 Å². The normalized spacial score (nSPS) is 11.1. The van der Waals surface area contributed by atoms with E-state index in [0.717, 1.165) is 12.1 Å². The molecule has 0 bridgehead atoms. The van der Waals surface area contributed by atoms with E-state index in [2.05, 4.69) is 4.74 Å². The topological polar surface area (TPSA) is 58.9 Å². The monoisotopic (exact) mass is 298 g/mol. The summed E-state index contributed by atoms with van der Waals surface area (Å²) < 4.78 is 45.5. The fourth-order valence-electron chi connectivity index (χ4n) is 1.58. The van der Waals surface area contributed by atoms with Crippen LogP contribution in [0.15, 0.2) is 48.5 Å². The van der Waals surface area contributed by atoms with E-state index in [1.54, 1.807) is 0 Å². The average molecular weight is 298 g/mol. The highest BCUT2D eigenvalue weighted by Gasteiger charge is 2.31. The molecule has 0 atom stereocenters. The van der Waals surface area contributed by atoms with Crippen molar-refractivity contribution in [3.05, 3.63) is 48.5 Å². The Morgan fingerprint density at radius 1 is 0.857 bits per heavy atom. The van der Waals surface area contributed by atoms with Crippen LogP contribution in [-0.2, 0) is 0 Å². The fraction of sp³-hybridized carbons (Fsp3) is 0.0769. The van der Waals surface area contributed by atoms with Crippen LogP contribution in [0.2, 0.25) is 0 Å². The molecule has 4 nitrogen and oxygen atoms in total. The predicted octanol–water partition coefficient (Wildman–Crippen LogP) is 2.06. The van der Waals surface area contributed by atoms with E-state index in [4.69, 9.17) is 14.8 Å². The number of rotatable bonds is 4. The number of alkyl halides is 3. The summed E-state index contributed by atoms with van der Waals surface area (Å²) in [4.78, 5) is 0. The van der Waals surface area contributed by atoms with Crippen molar-refractivity contribution in [1.82, 2.24) is 0 Å². The lowest BCUT2D eigenvalue weighted by Gasteiger charge is -2.11. The van der Waals surface area contributed by atoms with Crippen LogP contribution in [0, 0.1) is 0 Å². The largest absolute Gasteiger partial charge is 0.573 e. The van der Waals surface area contributed by atoms with Crippen molar-refractivity contribution in [3.8, 4) is 17.2 Å². The van der Waals surface area contributed by atoms with Gasteiger partial charge in [0, 0.05) is 6.07 Å². The first-order valence-corrected chi connectivity index (χ1v) is 5.83. The number of hydrogen-bond donors (Lipinski definition) is 2. The first-order chi connectivity index (χ1) is 9.83. The smallest absolute Gasteiger partial charge is 0.457 e. The molecule has 2 rings (SSSR count). The van der Waals surface area contributed by atoms with Crippen LogP contribution < -0.4 is 14.9 Å².